The van der Waals surface area contributed by atoms with Crippen LogP contribution >= 0.6 is 11.8 Å². The van der Waals surface area contributed by atoms with Crippen molar-refractivity contribution in [3.05, 3.63) is 34.9 Å². The molecule has 1 aromatic rings. The Kier molecular flexibility index (Phi) is 5.48. The van der Waals surface area contributed by atoms with Crippen LogP contribution in [0.5, 0.6) is 5.75 Å². The second-order valence-electron chi connectivity index (χ2n) is 5.29. The Balaban J connectivity index is 2.20. The van der Waals surface area contributed by atoms with E-state index in [4.69, 9.17) is 5.11 Å². The number of amides is 1. The summed E-state index contributed by atoms with van der Waals surface area (Å²) in [5, 5.41) is 31.3. The molecule has 0 fully saturated rings. The first-order chi connectivity index (χ1) is 11.7. The molecule has 8 nitrogen and oxygen atoms in total. The number of aliphatic hydroxyl groups excluding tert-OH is 1. The lowest BCUT2D eigenvalue weighted by Crippen LogP contribution is -2.41. The highest BCUT2D eigenvalue weighted by molar-refractivity contribution is 7.99. The lowest BCUT2D eigenvalue weighted by Gasteiger charge is -2.19. The molecule has 0 unspecified atom stereocenters. The summed E-state index contributed by atoms with van der Waals surface area (Å²) >= 11 is 0.978. The van der Waals surface area contributed by atoms with E-state index in [1.54, 1.807) is 0 Å². The summed E-state index contributed by atoms with van der Waals surface area (Å²) in [6.45, 7) is 1.18. The third-order valence-electron chi connectivity index (χ3n) is 3.50. The number of aromatic hydroxyl groups is 1. The Hall–Kier alpha value is -2.81. The zero-order valence-corrected chi connectivity index (χ0v) is 13.9. The minimum Gasteiger partial charge on any atom is -0.507 e. The van der Waals surface area contributed by atoms with E-state index >= 15 is 0 Å². The number of hydrogen-bond donors (Lipinski definition) is 4. The standard InChI is InChI=1S/C16H15NO7S/c1-7(18)17-10(16(23)24)6-25-5-9-13(20)8-3-2-4-11(19)12(8)15(22)14(9)21/h2-4,10,19-20H,5-6H2,1H3,(H,17,18)(H,23,24)/t10-/m0/s1. The van der Waals surface area contributed by atoms with Crippen molar-refractivity contribution < 1.29 is 34.5 Å². The average molecular weight is 365 g/mol. The van der Waals surface area contributed by atoms with Crippen LogP contribution in [0.4, 0.5) is 0 Å². The third kappa shape index (κ3) is 3.82. The number of nitrogens with one attached hydrogen (secondary N) is 1. The molecule has 1 aliphatic rings. The summed E-state index contributed by atoms with van der Waals surface area (Å²) in [5.41, 5.74) is -0.364. The number of aliphatic carboxylic acids is 1. The van der Waals surface area contributed by atoms with Gasteiger partial charge in [0.1, 0.15) is 17.6 Å². The summed E-state index contributed by atoms with van der Waals surface area (Å²) in [6.07, 6.45) is 0. The molecule has 25 heavy (non-hydrogen) atoms. The molecule has 132 valence electrons. The van der Waals surface area contributed by atoms with E-state index in [1.165, 1.54) is 25.1 Å². The maximum absolute atomic E-state index is 12.2. The maximum atomic E-state index is 12.2. The van der Waals surface area contributed by atoms with Crippen LogP contribution in [0.25, 0.3) is 5.76 Å². The molecular formula is C16H15NO7S. The van der Waals surface area contributed by atoms with Crippen molar-refractivity contribution in [1.29, 1.82) is 0 Å². The van der Waals surface area contributed by atoms with Crippen molar-refractivity contribution in [3.63, 3.8) is 0 Å². The summed E-state index contributed by atoms with van der Waals surface area (Å²) in [4.78, 5) is 46.3. The molecule has 2 rings (SSSR count). The van der Waals surface area contributed by atoms with Gasteiger partial charge in [0, 0.05) is 24.0 Å². The van der Waals surface area contributed by atoms with E-state index in [2.05, 4.69) is 5.32 Å². The van der Waals surface area contributed by atoms with Gasteiger partial charge in [-0.1, -0.05) is 12.1 Å². The van der Waals surface area contributed by atoms with Crippen LogP contribution in [-0.2, 0) is 14.4 Å². The molecule has 0 bridgehead atoms. The van der Waals surface area contributed by atoms with Gasteiger partial charge in [-0.25, -0.2) is 4.79 Å². The van der Waals surface area contributed by atoms with Gasteiger partial charge in [-0.3, -0.25) is 14.4 Å². The number of carboxylic acids is 1. The zero-order valence-electron chi connectivity index (χ0n) is 13.1. The second-order valence-corrected chi connectivity index (χ2v) is 6.32. The van der Waals surface area contributed by atoms with E-state index in [0.29, 0.717) is 0 Å². The van der Waals surface area contributed by atoms with E-state index < -0.39 is 41.0 Å². The van der Waals surface area contributed by atoms with Gasteiger partial charge in [0.25, 0.3) is 0 Å². The Morgan fingerprint density at radius 2 is 1.88 bits per heavy atom. The normalized spacial score (nSPS) is 14.9. The van der Waals surface area contributed by atoms with Gasteiger partial charge in [0.2, 0.25) is 17.5 Å². The molecule has 4 N–H and O–H groups in total. The summed E-state index contributed by atoms with van der Waals surface area (Å²) in [6, 6.07) is 2.91. The van der Waals surface area contributed by atoms with E-state index in [0.717, 1.165) is 11.8 Å². The van der Waals surface area contributed by atoms with Crippen LogP contribution in [0.2, 0.25) is 0 Å². The van der Waals surface area contributed by atoms with Crippen molar-refractivity contribution in [1.82, 2.24) is 5.32 Å². The van der Waals surface area contributed by atoms with Crippen LogP contribution in [-0.4, -0.2) is 56.3 Å². The molecule has 0 spiro atoms. The highest BCUT2D eigenvalue weighted by Crippen LogP contribution is 2.34. The van der Waals surface area contributed by atoms with Crippen LogP contribution in [0.15, 0.2) is 23.8 Å². The summed E-state index contributed by atoms with van der Waals surface area (Å²) < 4.78 is 0. The fourth-order valence-corrected chi connectivity index (χ4v) is 3.38. The van der Waals surface area contributed by atoms with Gasteiger partial charge in [-0.2, -0.15) is 11.8 Å². The van der Waals surface area contributed by atoms with Gasteiger partial charge in [-0.05, 0) is 6.07 Å². The minimum absolute atomic E-state index is 0.0526. The molecule has 0 saturated heterocycles. The number of phenolic OH excluding ortho intramolecular Hbond substituents is 1. The number of aliphatic hydroxyl groups is 1. The lowest BCUT2D eigenvalue weighted by atomic mass is 9.88. The van der Waals surface area contributed by atoms with Crippen molar-refractivity contribution in [3.8, 4) is 5.75 Å². The molecule has 1 aliphatic carbocycles. The van der Waals surface area contributed by atoms with Crippen molar-refractivity contribution in [2.45, 2.75) is 13.0 Å². The number of ketones is 2. The molecular weight excluding hydrogens is 350 g/mol. The fourth-order valence-electron chi connectivity index (χ4n) is 2.33. The van der Waals surface area contributed by atoms with Gasteiger partial charge < -0.3 is 20.6 Å². The van der Waals surface area contributed by atoms with Gasteiger partial charge >= 0.3 is 5.97 Å². The number of Topliss-reactive ketones (excluding diaryl/α,β-unsaturated/α-hetero) is 2. The number of carboxylic acid groups (broad SMARTS) is 1. The molecule has 0 radical (unpaired) electrons. The smallest absolute Gasteiger partial charge is 0.327 e. The Labute approximate surface area is 146 Å². The predicted octanol–water partition coefficient (Wildman–Crippen LogP) is 0.749. The van der Waals surface area contributed by atoms with Crippen molar-refractivity contribution in [2.24, 2.45) is 0 Å². The molecule has 1 amide bonds. The topological polar surface area (TPSA) is 141 Å². The molecule has 0 heterocycles. The number of carbonyl (C=O) groups is 4. The SMILES string of the molecule is CC(=O)N[C@@H](CSCC1=C(O)c2cccc(O)c2C(=O)C1=O)C(=O)O. The zero-order chi connectivity index (χ0) is 18.7. The summed E-state index contributed by atoms with van der Waals surface area (Å²) in [5.74, 6) is -4.62. The lowest BCUT2D eigenvalue weighted by molar-refractivity contribution is -0.140. The quantitative estimate of drug-likeness (QED) is 0.541. The van der Waals surface area contributed by atoms with Crippen LogP contribution in [0.1, 0.15) is 22.8 Å². The number of fused-ring (bicyclic) bond motifs is 1. The maximum Gasteiger partial charge on any atom is 0.327 e. The Morgan fingerprint density at radius 1 is 1.20 bits per heavy atom. The number of hydrogen-bond acceptors (Lipinski definition) is 7. The van der Waals surface area contributed by atoms with Crippen LogP contribution in [0, 0.1) is 0 Å². The average Bonchev–Trinajstić information content (AvgIpc) is 2.54. The minimum atomic E-state index is -1.23. The first-order valence-electron chi connectivity index (χ1n) is 7.15. The predicted molar refractivity (Wildman–Crippen MR) is 89.6 cm³/mol. The first-order valence-corrected chi connectivity index (χ1v) is 8.30. The molecule has 1 aromatic carbocycles. The monoisotopic (exact) mass is 365 g/mol. The van der Waals surface area contributed by atoms with Crippen molar-refractivity contribution >= 4 is 41.0 Å². The molecule has 1 atom stereocenters. The number of thioether (sulfide) groups is 1. The fraction of sp³-hybridized carbons (Fsp3) is 0.250. The van der Waals surface area contributed by atoms with Crippen molar-refractivity contribution in [2.75, 3.05) is 11.5 Å². The van der Waals surface area contributed by atoms with Gasteiger partial charge in [0.05, 0.1) is 11.1 Å². The van der Waals surface area contributed by atoms with E-state index in [1.807, 2.05) is 0 Å². The number of phenols is 1. The Bertz CT molecular complexity index is 800. The molecule has 9 heteroatoms. The first kappa shape index (κ1) is 18.5. The number of rotatable bonds is 6. The Morgan fingerprint density at radius 3 is 2.48 bits per heavy atom. The second kappa shape index (κ2) is 7.39. The van der Waals surface area contributed by atoms with E-state index in [-0.39, 0.29) is 28.2 Å². The van der Waals surface area contributed by atoms with Crippen LogP contribution < -0.4 is 5.32 Å². The van der Waals surface area contributed by atoms with E-state index in [9.17, 15) is 29.4 Å². The number of benzene rings is 1. The molecule has 0 saturated carbocycles. The number of carbonyl (C=O) groups excluding carboxylic acids is 3. The molecule has 0 aromatic heterocycles. The van der Waals surface area contributed by atoms with Crippen LogP contribution in [0.3, 0.4) is 0 Å². The largest absolute Gasteiger partial charge is 0.507 e. The third-order valence-corrected chi connectivity index (χ3v) is 4.56. The van der Waals surface area contributed by atoms with Gasteiger partial charge in [-0.15, -0.1) is 0 Å². The highest BCUT2D eigenvalue weighted by Gasteiger charge is 2.34. The summed E-state index contributed by atoms with van der Waals surface area (Å²) in [7, 11) is 0. The highest BCUT2D eigenvalue weighted by atomic mass is 32.2. The molecule has 0 aliphatic heterocycles. The van der Waals surface area contributed by atoms with Gasteiger partial charge in [0.15, 0.2) is 0 Å².